The molecule has 0 amide bonds. The van der Waals surface area contributed by atoms with Crippen LogP contribution in [0.15, 0.2) is 0 Å². The summed E-state index contributed by atoms with van der Waals surface area (Å²) in [6, 6.07) is 0. The van der Waals surface area contributed by atoms with Crippen LogP contribution in [0.5, 0.6) is 0 Å². The van der Waals surface area contributed by atoms with Crippen LogP contribution < -0.4 is 5.73 Å². The average Bonchev–Trinajstić information content (AvgIpc) is 2.89. The molecule has 2 N–H and O–H groups in total. The van der Waals surface area contributed by atoms with Crippen LogP contribution in [0, 0.1) is 0 Å². The van der Waals surface area contributed by atoms with Crippen molar-refractivity contribution >= 4 is 0 Å². The summed E-state index contributed by atoms with van der Waals surface area (Å²) in [5.41, 5.74) is 5.84. The molecule has 106 valence electrons. The first-order valence-electron chi connectivity index (χ1n) is 7.58. The Morgan fingerprint density at radius 2 is 1.95 bits per heavy atom. The summed E-state index contributed by atoms with van der Waals surface area (Å²) in [5, 5.41) is 8.57. The summed E-state index contributed by atoms with van der Waals surface area (Å²) >= 11 is 0. The lowest BCUT2D eigenvalue weighted by molar-refractivity contribution is -0.0766. The second-order valence-corrected chi connectivity index (χ2v) is 5.88. The van der Waals surface area contributed by atoms with E-state index in [4.69, 9.17) is 10.5 Å². The lowest BCUT2D eigenvalue weighted by Gasteiger charge is -2.36. The van der Waals surface area contributed by atoms with Crippen molar-refractivity contribution in [1.29, 1.82) is 0 Å². The van der Waals surface area contributed by atoms with Crippen LogP contribution >= 0.6 is 0 Å². The quantitative estimate of drug-likeness (QED) is 0.900. The van der Waals surface area contributed by atoms with Gasteiger partial charge in [0, 0.05) is 19.5 Å². The highest BCUT2D eigenvalue weighted by atomic mass is 16.5. The standard InChI is InChI=1S/C14H24N4O/c15-11-14(7-3-1-4-8-14)19-10-13-17-16-12-6-2-5-9-18(12)13/h1-11,15H2. The minimum Gasteiger partial charge on any atom is -0.366 e. The molecule has 0 bridgehead atoms. The topological polar surface area (TPSA) is 66.0 Å². The van der Waals surface area contributed by atoms with Gasteiger partial charge in [-0.25, -0.2) is 0 Å². The van der Waals surface area contributed by atoms with Crippen molar-refractivity contribution in [2.45, 2.75) is 70.1 Å². The highest BCUT2D eigenvalue weighted by Gasteiger charge is 2.32. The Morgan fingerprint density at radius 3 is 2.74 bits per heavy atom. The molecule has 2 aliphatic rings. The zero-order valence-corrected chi connectivity index (χ0v) is 11.6. The van der Waals surface area contributed by atoms with Crippen molar-refractivity contribution in [3.05, 3.63) is 11.6 Å². The number of hydrogen-bond acceptors (Lipinski definition) is 4. The number of fused-ring (bicyclic) bond motifs is 1. The highest BCUT2D eigenvalue weighted by molar-refractivity contribution is 4.98. The number of aryl methyl sites for hydroxylation is 1. The number of aromatic nitrogens is 3. The number of rotatable bonds is 4. The first-order valence-corrected chi connectivity index (χ1v) is 7.58. The lowest BCUT2D eigenvalue weighted by atomic mass is 9.85. The molecule has 0 aromatic carbocycles. The first-order chi connectivity index (χ1) is 9.33. The van der Waals surface area contributed by atoms with Crippen molar-refractivity contribution in [1.82, 2.24) is 14.8 Å². The van der Waals surface area contributed by atoms with Gasteiger partial charge in [0.25, 0.3) is 0 Å². The number of nitrogens with zero attached hydrogens (tertiary/aromatic N) is 3. The van der Waals surface area contributed by atoms with Crippen LogP contribution in [-0.2, 0) is 24.3 Å². The van der Waals surface area contributed by atoms with E-state index in [9.17, 15) is 0 Å². The number of nitrogens with two attached hydrogens (primary N) is 1. The highest BCUT2D eigenvalue weighted by Crippen LogP contribution is 2.31. The van der Waals surface area contributed by atoms with Gasteiger partial charge in [0.2, 0.25) is 0 Å². The lowest BCUT2D eigenvalue weighted by Crippen LogP contribution is -2.42. The maximum absolute atomic E-state index is 6.18. The third-order valence-corrected chi connectivity index (χ3v) is 4.58. The van der Waals surface area contributed by atoms with Crippen LogP contribution in [0.1, 0.15) is 56.6 Å². The maximum Gasteiger partial charge on any atom is 0.159 e. The predicted molar refractivity (Wildman–Crippen MR) is 72.6 cm³/mol. The number of hydrogen-bond donors (Lipinski definition) is 1. The van der Waals surface area contributed by atoms with Gasteiger partial charge in [-0.15, -0.1) is 10.2 Å². The summed E-state index contributed by atoms with van der Waals surface area (Å²) in [5.74, 6) is 2.10. The summed E-state index contributed by atoms with van der Waals surface area (Å²) in [7, 11) is 0. The first kappa shape index (κ1) is 13.1. The van der Waals surface area contributed by atoms with Crippen molar-refractivity contribution in [2.75, 3.05) is 6.54 Å². The van der Waals surface area contributed by atoms with Gasteiger partial charge in [0.15, 0.2) is 5.82 Å². The van der Waals surface area contributed by atoms with Crippen LogP contribution in [0.4, 0.5) is 0 Å². The normalized spacial score (nSPS) is 22.2. The van der Waals surface area contributed by atoms with E-state index in [2.05, 4.69) is 14.8 Å². The molecular weight excluding hydrogens is 240 g/mol. The molecule has 0 saturated heterocycles. The molecule has 19 heavy (non-hydrogen) atoms. The van der Waals surface area contributed by atoms with Crippen LogP contribution in [0.2, 0.25) is 0 Å². The van der Waals surface area contributed by atoms with Gasteiger partial charge in [0.05, 0.1) is 5.60 Å². The van der Waals surface area contributed by atoms with E-state index in [1.165, 1.54) is 32.1 Å². The Bertz CT molecular complexity index is 423. The van der Waals surface area contributed by atoms with Gasteiger partial charge in [-0.3, -0.25) is 0 Å². The molecule has 1 saturated carbocycles. The Hall–Kier alpha value is -0.940. The van der Waals surface area contributed by atoms with Gasteiger partial charge in [-0.1, -0.05) is 19.3 Å². The van der Waals surface area contributed by atoms with Gasteiger partial charge in [-0.05, 0) is 25.7 Å². The molecular formula is C14H24N4O. The molecule has 1 aromatic heterocycles. The molecule has 0 radical (unpaired) electrons. The smallest absolute Gasteiger partial charge is 0.159 e. The molecule has 5 heteroatoms. The fourth-order valence-corrected chi connectivity index (χ4v) is 3.30. The molecule has 0 unspecified atom stereocenters. The molecule has 0 spiro atoms. The molecule has 5 nitrogen and oxygen atoms in total. The van der Waals surface area contributed by atoms with E-state index < -0.39 is 0 Å². The van der Waals surface area contributed by atoms with Crippen LogP contribution in [-0.4, -0.2) is 26.9 Å². The molecule has 1 aromatic rings. The molecule has 1 aliphatic heterocycles. The van der Waals surface area contributed by atoms with E-state index in [-0.39, 0.29) is 5.60 Å². The fraction of sp³-hybridized carbons (Fsp3) is 0.857. The maximum atomic E-state index is 6.18. The molecule has 0 atom stereocenters. The molecule has 1 aliphatic carbocycles. The zero-order valence-electron chi connectivity index (χ0n) is 11.6. The second kappa shape index (κ2) is 5.59. The van der Waals surface area contributed by atoms with Crippen molar-refractivity contribution < 1.29 is 4.74 Å². The van der Waals surface area contributed by atoms with Gasteiger partial charge >= 0.3 is 0 Å². The Balaban J connectivity index is 1.66. The summed E-state index contributed by atoms with van der Waals surface area (Å²) < 4.78 is 8.41. The third kappa shape index (κ3) is 2.67. The summed E-state index contributed by atoms with van der Waals surface area (Å²) in [4.78, 5) is 0. The third-order valence-electron chi connectivity index (χ3n) is 4.58. The largest absolute Gasteiger partial charge is 0.366 e. The molecule has 1 fully saturated rings. The molecule has 2 heterocycles. The van der Waals surface area contributed by atoms with Crippen LogP contribution in [0.3, 0.4) is 0 Å². The zero-order chi connectivity index (χ0) is 13.1. The SMILES string of the molecule is NCC1(OCc2nnc3n2CCCC3)CCCCC1. The van der Waals surface area contributed by atoms with E-state index in [1.807, 2.05) is 0 Å². The fourth-order valence-electron chi connectivity index (χ4n) is 3.30. The van der Waals surface area contributed by atoms with Crippen LogP contribution in [0.25, 0.3) is 0 Å². The Kier molecular flexibility index (Phi) is 3.84. The van der Waals surface area contributed by atoms with Crippen molar-refractivity contribution in [3.63, 3.8) is 0 Å². The van der Waals surface area contributed by atoms with Gasteiger partial charge < -0.3 is 15.0 Å². The van der Waals surface area contributed by atoms with E-state index >= 15 is 0 Å². The second-order valence-electron chi connectivity index (χ2n) is 5.88. The van der Waals surface area contributed by atoms with E-state index in [0.717, 1.165) is 37.5 Å². The van der Waals surface area contributed by atoms with Crippen molar-refractivity contribution in [2.24, 2.45) is 5.73 Å². The van der Waals surface area contributed by atoms with E-state index in [1.54, 1.807) is 0 Å². The Labute approximate surface area is 114 Å². The minimum atomic E-state index is -0.112. The summed E-state index contributed by atoms with van der Waals surface area (Å²) in [6.45, 7) is 2.22. The molecule has 3 rings (SSSR count). The monoisotopic (exact) mass is 264 g/mol. The minimum absolute atomic E-state index is 0.112. The number of ether oxygens (including phenoxy) is 1. The summed E-state index contributed by atoms with van der Waals surface area (Å²) in [6.07, 6.45) is 9.45. The van der Waals surface area contributed by atoms with Gasteiger partial charge in [0.1, 0.15) is 12.4 Å². The van der Waals surface area contributed by atoms with E-state index in [0.29, 0.717) is 13.2 Å². The Morgan fingerprint density at radius 1 is 1.11 bits per heavy atom. The predicted octanol–water partition coefficient (Wildman–Crippen LogP) is 1.79. The average molecular weight is 264 g/mol. The van der Waals surface area contributed by atoms with Crippen molar-refractivity contribution in [3.8, 4) is 0 Å². The van der Waals surface area contributed by atoms with Gasteiger partial charge in [-0.2, -0.15) is 0 Å².